The average molecular weight is 1330 g/mol. The van der Waals surface area contributed by atoms with Gasteiger partial charge in [0.2, 0.25) is 34.9 Å². The zero-order valence-corrected chi connectivity index (χ0v) is 52.8. The largest absolute Gasteiger partial charge is 0.489 e. The molecule has 3 unspecified atom stereocenters. The number of ether oxygens (including phenoxy) is 4. The van der Waals surface area contributed by atoms with Crippen molar-refractivity contribution in [3.63, 3.8) is 0 Å². The van der Waals surface area contributed by atoms with E-state index < -0.39 is 56.1 Å². The number of para-hydroxylation sites is 3. The molecule has 3 aromatic heterocycles. The molecular formula is C51H64Cl4N15O15PS. The number of nitro groups is 1. The van der Waals surface area contributed by atoms with Gasteiger partial charge in [0, 0.05) is 51.8 Å². The summed E-state index contributed by atoms with van der Waals surface area (Å²) in [6.45, 7) is 10.2. The van der Waals surface area contributed by atoms with Crippen LogP contribution in [0.15, 0.2) is 96.2 Å². The number of anilines is 5. The number of nitrogens with zero attached hydrogens (tertiary/aromatic N) is 9. The van der Waals surface area contributed by atoms with Gasteiger partial charge in [-0.25, -0.2) is 14.5 Å². The van der Waals surface area contributed by atoms with Crippen LogP contribution in [-0.2, 0) is 24.2 Å². The summed E-state index contributed by atoms with van der Waals surface area (Å²) >= 11 is 22.9. The summed E-state index contributed by atoms with van der Waals surface area (Å²) < 4.78 is 58.4. The second-order valence-corrected chi connectivity index (χ2v) is 24.1. The molecule has 472 valence electrons. The van der Waals surface area contributed by atoms with E-state index in [4.69, 9.17) is 86.8 Å². The molecule has 30 nitrogen and oxygen atoms in total. The van der Waals surface area contributed by atoms with E-state index in [1.807, 2.05) is 58.0 Å². The number of rotatable bonds is 18. The molecule has 7 rings (SSSR count). The van der Waals surface area contributed by atoms with Gasteiger partial charge in [0.05, 0.1) is 42.5 Å². The van der Waals surface area contributed by atoms with Crippen molar-refractivity contribution in [2.75, 3.05) is 80.9 Å². The van der Waals surface area contributed by atoms with E-state index in [-0.39, 0.29) is 81.3 Å². The highest BCUT2D eigenvalue weighted by atomic mass is 35.5. The molecule has 0 radical (unpaired) electrons. The Labute approximate surface area is 520 Å². The molecule has 1 aliphatic heterocycles. The molecule has 0 aliphatic carbocycles. The van der Waals surface area contributed by atoms with E-state index in [0.717, 1.165) is 12.2 Å². The number of amides is 4. The molecule has 4 amide bonds. The van der Waals surface area contributed by atoms with Gasteiger partial charge in [-0.15, -0.1) is 0 Å². The predicted molar refractivity (Wildman–Crippen MR) is 329 cm³/mol. The molecule has 3 aromatic carbocycles. The molecule has 6 aromatic rings. The molecule has 0 spiro atoms. The lowest BCUT2D eigenvalue weighted by Crippen LogP contribution is -2.47. The molecule has 0 fully saturated rings. The SMILES string of the molecule is CC1COc2ccccc2N1C(=O)C(Cl)Cl.CCNc1nc(Cl)nc(NC(C)C)n1.COc1cc(OC)nc(NC(=O)NS(=O)(=O)c2ncccc2C(=O)N(C)C)n1.CP(=O)(O)CCC(N)C(=O)O.Nc1c([N+](=O)[O-])ccc(Oc2ccccc2)c1Cl. The minimum atomic E-state index is -4.46. The number of halogens is 4. The van der Waals surface area contributed by atoms with Crippen molar-refractivity contribution in [2.45, 2.75) is 62.1 Å². The van der Waals surface area contributed by atoms with E-state index in [9.17, 15) is 42.3 Å². The Kier molecular flexibility index (Phi) is 29.3. The Bertz CT molecular complexity index is 3450. The third-order valence-electron chi connectivity index (χ3n) is 10.5. The monoisotopic (exact) mass is 1330 g/mol. The van der Waals surface area contributed by atoms with Crippen LogP contribution in [0.5, 0.6) is 29.0 Å². The standard InChI is InChI=1S/C15H18N6O6S.C12H9ClN2O3.C11H11Cl2NO2.C8H14ClN5.C5H12NO4P/c1-21(2)13(22)9-6-5-7-16-12(9)28(24,25)20-15(23)19-14-17-10(26-3)8-11(18-14)27-4;13-11-10(18-8-4-2-1-3-5-8)7-6-9(12(11)14)15(16)17;1-7-6-16-9-5-3-2-4-8(9)14(7)11(15)10(12)13;1-4-10-7-12-6(9)13-8(14-7)11-5(2)3;1-11(9,10)3-2-4(6)5(7)8/h5-8H,1-4H3,(H2,17,18,19,20,23);1-7H,14H2;2-5,7,10H,6H2,1H3;5H,4H2,1-3H3,(H2,10,11,12,13,14);4H,2-3,6H2,1H3,(H,7,8)(H,9,10). The number of methoxy groups -OCH3 is 2. The number of hydrogen-bond acceptors (Lipinski definition) is 23. The zero-order valence-electron chi connectivity index (χ0n) is 48.0. The Morgan fingerprint density at radius 3 is 2.09 bits per heavy atom. The summed E-state index contributed by atoms with van der Waals surface area (Å²) in [6.07, 6.45) is 1.19. The molecule has 0 bridgehead atoms. The smallest absolute Gasteiger partial charge is 0.335 e. The highest BCUT2D eigenvalue weighted by molar-refractivity contribution is 7.90. The summed E-state index contributed by atoms with van der Waals surface area (Å²) in [6, 6.07) is 21.0. The lowest BCUT2D eigenvalue weighted by molar-refractivity contribution is -0.383. The minimum absolute atomic E-state index is 0.0352. The van der Waals surface area contributed by atoms with Crippen LogP contribution in [0.3, 0.4) is 0 Å². The molecule has 3 atom stereocenters. The molecule has 4 heterocycles. The van der Waals surface area contributed by atoms with Crippen LogP contribution in [0.1, 0.15) is 44.5 Å². The quantitative estimate of drug-likeness (QED) is 0.0134. The maximum absolute atomic E-state index is 12.5. The first-order valence-electron chi connectivity index (χ1n) is 25.3. The van der Waals surface area contributed by atoms with Gasteiger partial charge in [-0.05, 0) is 88.2 Å². The Hall–Kier alpha value is -8.16. The maximum Gasteiger partial charge on any atom is 0.335 e. The normalized spacial score (nSPS) is 13.1. The molecule has 0 saturated heterocycles. The number of carbonyl (C=O) groups is 4. The van der Waals surface area contributed by atoms with E-state index >= 15 is 0 Å². The van der Waals surface area contributed by atoms with E-state index in [2.05, 4.69) is 45.9 Å². The number of urea groups is 1. The van der Waals surface area contributed by atoms with Gasteiger partial charge >= 0.3 is 12.0 Å². The van der Waals surface area contributed by atoms with Gasteiger partial charge in [-0.3, -0.25) is 34.4 Å². The van der Waals surface area contributed by atoms with E-state index in [0.29, 0.717) is 30.0 Å². The topological polar surface area (TPSA) is 424 Å². The van der Waals surface area contributed by atoms with Crippen LogP contribution in [0.2, 0.25) is 10.3 Å². The van der Waals surface area contributed by atoms with Crippen molar-refractivity contribution in [1.29, 1.82) is 0 Å². The van der Waals surface area contributed by atoms with Crippen molar-refractivity contribution in [3.8, 4) is 29.0 Å². The lowest BCUT2D eigenvalue weighted by atomic mass is 10.1. The lowest BCUT2D eigenvalue weighted by Gasteiger charge is -2.35. The molecule has 87 heavy (non-hydrogen) atoms. The number of sulfonamides is 1. The summed E-state index contributed by atoms with van der Waals surface area (Å²) in [4.78, 5) is 90.3. The van der Waals surface area contributed by atoms with Gasteiger partial charge in [-0.1, -0.05) is 65.1 Å². The number of aromatic nitrogens is 6. The first-order valence-corrected chi connectivity index (χ1v) is 30.7. The third-order valence-corrected chi connectivity index (χ3v) is 13.8. The average Bonchev–Trinajstić information content (AvgIpc) is 2.22. The van der Waals surface area contributed by atoms with Crippen LogP contribution in [0.25, 0.3) is 0 Å². The van der Waals surface area contributed by atoms with Crippen molar-refractivity contribution < 1.29 is 66.0 Å². The van der Waals surface area contributed by atoms with Crippen LogP contribution in [-0.4, -0.2) is 159 Å². The Balaban J connectivity index is 0.000000296. The van der Waals surface area contributed by atoms with Gasteiger partial charge in [0.25, 0.3) is 27.5 Å². The van der Waals surface area contributed by atoms with Gasteiger partial charge in [0.1, 0.15) is 40.6 Å². The van der Waals surface area contributed by atoms with Gasteiger partial charge in [-0.2, -0.15) is 33.3 Å². The summed E-state index contributed by atoms with van der Waals surface area (Å²) in [5, 5.41) is 26.8. The van der Waals surface area contributed by atoms with Gasteiger partial charge < -0.3 is 60.8 Å². The summed E-state index contributed by atoms with van der Waals surface area (Å²) in [5.74, 6) is 0.421. The number of nitrogens with one attached hydrogen (secondary N) is 4. The summed E-state index contributed by atoms with van der Waals surface area (Å²) in [7, 11) is -1.95. The predicted octanol–water partition coefficient (Wildman–Crippen LogP) is 7.79. The highest BCUT2D eigenvalue weighted by Crippen LogP contribution is 2.39. The van der Waals surface area contributed by atoms with E-state index in [1.165, 1.54) is 76.4 Å². The first-order chi connectivity index (χ1) is 40.8. The number of carboxylic acids is 1. The number of carboxylic acid groups (broad SMARTS) is 1. The fourth-order valence-corrected chi connectivity index (χ4v) is 8.91. The summed E-state index contributed by atoms with van der Waals surface area (Å²) in [5.41, 5.74) is 10.9. The minimum Gasteiger partial charge on any atom is -0.489 e. The fraction of sp³-hybridized carbons (Fsp3) is 0.333. The van der Waals surface area contributed by atoms with Crippen LogP contribution < -0.4 is 56.0 Å². The number of nitrogen functional groups attached to an aromatic ring is 1. The second-order valence-electron chi connectivity index (χ2n) is 18.1. The number of hydrogen-bond donors (Lipinski definition) is 8. The zero-order chi connectivity index (χ0) is 65.3. The number of nitro benzene ring substituents is 1. The molecule has 1 aliphatic rings. The number of pyridine rings is 1. The maximum atomic E-state index is 12.5. The third kappa shape index (κ3) is 24.3. The number of fused-ring (bicyclic) bond motifs is 1. The first kappa shape index (κ1) is 73.1. The second kappa shape index (κ2) is 34.8. The molecular weight excluding hydrogens is 1270 g/mol. The number of carbonyl (C=O) groups excluding carboxylic acids is 3. The Morgan fingerprint density at radius 1 is 0.931 bits per heavy atom. The molecule has 0 saturated carbocycles. The van der Waals surface area contributed by atoms with Crippen molar-refractivity contribution in [1.82, 2.24) is 39.5 Å². The number of benzene rings is 3. The van der Waals surface area contributed by atoms with Crippen LogP contribution >= 0.6 is 53.8 Å². The number of nitrogens with two attached hydrogens (primary N) is 2. The van der Waals surface area contributed by atoms with Crippen LogP contribution in [0.4, 0.5) is 39.7 Å². The number of aliphatic carboxylic acids is 1. The highest BCUT2D eigenvalue weighted by Gasteiger charge is 2.32. The van der Waals surface area contributed by atoms with Gasteiger partial charge in [0.15, 0.2) is 17.2 Å². The molecule has 36 heteroatoms. The van der Waals surface area contributed by atoms with Crippen molar-refractivity contribution >= 4 is 123 Å². The molecule has 10 N–H and O–H groups in total. The fourth-order valence-electron chi connectivity index (χ4n) is 6.55. The van der Waals surface area contributed by atoms with Crippen molar-refractivity contribution in [2.24, 2.45) is 5.73 Å². The number of alkyl halides is 2. The Morgan fingerprint density at radius 2 is 1.54 bits per heavy atom. The van der Waals surface area contributed by atoms with Crippen molar-refractivity contribution in [3.05, 3.63) is 117 Å². The van der Waals surface area contributed by atoms with E-state index in [1.54, 1.807) is 33.9 Å². The van der Waals surface area contributed by atoms with Crippen LogP contribution in [0, 0.1) is 10.1 Å².